The summed E-state index contributed by atoms with van der Waals surface area (Å²) in [6.45, 7) is 5.15. The van der Waals surface area contributed by atoms with Crippen LogP contribution in [0.25, 0.3) is 33.1 Å². The molecule has 2 N–H and O–H groups in total. The second kappa shape index (κ2) is 9.95. The second-order valence-corrected chi connectivity index (χ2v) is 12.3. The lowest BCUT2D eigenvalue weighted by Gasteiger charge is -2.35. The number of hydrogen-bond acceptors (Lipinski definition) is 8. The number of aryl methyl sites for hydroxylation is 2. The Hall–Kier alpha value is -3.44. The van der Waals surface area contributed by atoms with E-state index in [1.54, 1.807) is 13.3 Å². The van der Waals surface area contributed by atoms with E-state index in [4.69, 9.17) is 19.0 Å². The molecule has 1 atom stereocenters. The van der Waals surface area contributed by atoms with Crippen LogP contribution in [0.3, 0.4) is 0 Å². The molecule has 6 rings (SSSR count). The molecule has 1 fully saturated rings. The van der Waals surface area contributed by atoms with Crippen molar-refractivity contribution in [2.45, 2.75) is 37.6 Å². The number of ether oxygens (including phenoxy) is 2. The predicted molar refractivity (Wildman–Crippen MR) is 152 cm³/mol. The molecular weight excluding hydrogens is 516 g/mol. The third-order valence-corrected chi connectivity index (χ3v) is 8.78. The van der Waals surface area contributed by atoms with Crippen molar-refractivity contribution in [1.29, 1.82) is 0 Å². The van der Waals surface area contributed by atoms with Gasteiger partial charge in [0.15, 0.2) is 0 Å². The Morgan fingerprint density at radius 3 is 2.46 bits per heavy atom. The minimum Gasteiger partial charge on any atom is -0.480 e. The molecule has 0 amide bonds. The van der Waals surface area contributed by atoms with E-state index in [-0.39, 0.29) is 12.0 Å². The van der Waals surface area contributed by atoms with Gasteiger partial charge < -0.3 is 18.6 Å². The van der Waals surface area contributed by atoms with E-state index in [2.05, 4.69) is 32.9 Å². The quantitative estimate of drug-likeness (QED) is 0.243. The lowest BCUT2D eigenvalue weighted by Crippen LogP contribution is -2.27. The van der Waals surface area contributed by atoms with Crippen LogP contribution in [0.15, 0.2) is 58.2 Å². The third kappa shape index (κ3) is 4.37. The first kappa shape index (κ1) is 25.8. The lowest BCUT2D eigenvalue weighted by molar-refractivity contribution is 0.0552. The predicted octanol–water partition coefficient (Wildman–Crippen LogP) is 6.62. The van der Waals surface area contributed by atoms with Gasteiger partial charge in [-0.1, -0.05) is 35.5 Å². The average Bonchev–Trinajstić information content (AvgIpc) is 3.45. The SMILES string of the molecule is COc1ncc(S(C)(O)O)c2c1c1ncc(-c3c(C)noc3C)cc1n2[C@H](c1ccccc1)C1CCOCC1. The van der Waals surface area contributed by atoms with Gasteiger partial charge in [-0.3, -0.25) is 14.1 Å². The summed E-state index contributed by atoms with van der Waals surface area (Å²) < 4.78 is 41.2. The standard InChI is InChI=1S/C29H32N4O5S/c1-17-24(18(2)38-32-17)21-14-22-26(30-15-21)25-28(23(39(4,34)35)16-31-29(25)36-3)33(22)27(19-8-6-5-7-9-19)20-10-12-37-13-11-20/h5-9,14-16,20,27,34-35H,10-13H2,1-4H3/t27-/m1/s1. The summed E-state index contributed by atoms with van der Waals surface area (Å²) in [5, 5.41) is 4.81. The molecular formula is C29H32N4O5S. The topological polar surface area (TPSA) is 116 Å². The molecule has 9 nitrogen and oxygen atoms in total. The smallest absolute Gasteiger partial charge is 0.225 e. The summed E-state index contributed by atoms with van der Waals surface area (Å²) in [5.41, 5.74) is 5.88. The zero-order valence-corrected chi connectivity index (χ0v) is 23.2. The molecule has 0 saturated carbocycles. The van der Waals surface area contributed by atoms with Crippen molar-refractivity contribution < 1.29 is 23.1 Å². The summed E-state index contributed by atoms with van der Waals surface area (Å²) in [7, 11) is -1.58. The van der Waals surface area contributed by atoms with Gasteiger partial charge in [0, 0.05) is 36.8 Å². The Morgan fingerprint density at radius 1 is 1.08 bits per heavy atom. The van der Waals surface area contributed by atoms with Crippen molar-refractivity contribution in [3.8, 4) is 17.0 Å². The molecule has 1 aliphatic heterocycles. The molecule has 5 aromatic rings. The first-order valence-corrected chi connectivity index (χ1v) is 14.9. The van der Waals surface area contributed by atoms with Gasteiger partial charge in [0.2, 0.25) is 5.88 Å². The zero-order valence-electron chi connectivity index (χ0n) is 22.4. The summed E-state index contributed by atoms with van der Waals surface area (Å²) in [6.07, 6.45) is 6.51. The Balaban J connectivity index is 1.78. The monoisotopic (exact) mass is 548 g/mol. The Morgan fingerprint density at radius 2 is 1.82 bits per heavy atom. The van der Waals surface area contributed by atoms with Crippen LogP contribution in [0.2, 0.25) is 0 Å². The number of methoxy groups -OCH3 is 1. The van der Waals surface area contributed by atoms with Gasteiger partial charge in [0.1, 0.15) is 16.2 Å². The molecule has 0 bridgehead atoms. The van der Waals surface area contributed by atoms with E-state index in [9.17, 15) is 9.11 Å². The number of aromatic nitrogens is 4. The lowest BCUT2D eigenvalue weighted by atomic mass is 9.86. The summed E-state index contributed by atoms with van der Waals surface area (Å²) in [5.74, 6) is 1.34. The van der Waals surface area contributed by atoms with Crippen molar-refractivity contribution in [3.63, 3.8) is 0 Å². The van der Waals surface area contributed by atoms with E-state index in [1.165, 1.54) is 12.5 Å². The maximum atomic E-state index is 11.0. The fourth-order valence-corrected chi connectivity index (χ4v) is 6.76. The first-order chi connectivity index (χ1) is 18.8. The highest BCUT2D eigenvalue weighted by atomic mass is 32.3. The van der Waals surface area contributed by atoms with Gasteiger partial charge in [-0.15, -0.1) is 0 Å². The van der Waals surface area contributed by atoms with E-state index in [0.717, 1.165) is 40.7 Å². The van der Waals surface area contributed by atoms with Crippen LogP contribution < -0.4 is 4.74 Å². The van der Waals surface area contributed by atoms with Gasteiger partial charge in [-0.2, -0.15) is 10.6 Å². The van der Waals surface area contributed by atoms with Gasteiger partial charge >= 0.3 is 0 Å². The third-order valence-electron chi connectivity index (χ3n) is 7.65. The van der Waals surface area contributed by atoms with E-state index in [1.807, 2.05) is 32.0 Å². The second-order valence-electron chi connectivity index (χ2n) is 10.2. The molecule has 39 heavy (non-hydrogen) atoms. The number of nitrogens with zero attached hydrogens (tertiary/aromatic N) is 4. The number of fused-ring (bicyclic) bond motifs is 3. The van der Waals surface area contributed by atoms with Crippen LogP contribution in [-0.2, 0) is 4.74 Å². The molecule has 1 saturated heterocycles. The van der Waals surface area contributed by atoms with Crippen molar-refractivity contribution in [2.75, 3.05) is 26.6 Å². The van der Waals surface area contributed by atoms with Crippen molar-refractivity contribution in [3.05, 3.63) is 65.8 Å². The first-order valence-electron chi connectivity index (χ1n) is 13.0. The van der Waals surface area contributed by atoms with Crippen LogP contribution in [0.4, 0.5) is 0 Å². The number of rotatable bonds is 6. The Labute approximate surface area is 228 Å². The molecule has 204 valence electrons. The summed E-state index contributed by atoms with van der Waals surface area (Å²) >= 11 is 0. The highest BCUT2D eigenvalue weighted by Gasteiger charge is 2.33. The van der Waals surface area contributed by atoms with E-state index < -0.39 is 10.6 Å². The highest BCUT2D eigenvalue weighted by molar-refractivity contribution is 8.23. The zero-order chi connectivity index (χ0) is 27.3. The molecule has 0 radical (unpaired) electrons. The molecule has 5 heterocycles. The summed E-state index contributed by atoms with van der Waals surface area (Å²) in [4.78, 5) is 9.78. The molecule has 1 aliphatic rings. The van der Waals surface area contributed by atoms with Crippen LogP contribution in [-0.4, -0.2) is 55.4 Å². The fraction of sp³-hybridized carbons (Fsp3) is 0.345. The fourth-order valence-electron chi connectivity index (χ4n) is 5.94. The van der Waals surface area contributed by atoms with Crippen LogP contribution in [0.1, 0.15) is 35.9 Å². The molecule has 0 aliphatic carbocycles. The molecule has 4 aromatic heterocycles. The van der Waals surface area contributed by atoms with Crippen molar-refractivity contribution in [2.24, 2.45) is 5.92 Å². The number of benzene rings is 1. The number of hydrogen-bond donors (Lipinski definition) is 2. The van der Waals surface area contributed by atoms with Gasteiger partial charge in [0.25, 0.3) is 0 Å². The molecule has 0 spiro atoms. The van der Waals surface area contributed by atoms with Crippen molar-refractivity contribution in [1.82, 2.24) is 19.7 Å². The van der Waals surface area contributed by atoms with Gasteiger partial charge in [-0.25, -0.2) is 4.98 Å². The van der Waals surface area contributed by atoms with Gasteiger partial charge in [0.05, 0.1) is 41.5 Å². The Kier molecular flexibility index (Phi) is 6.58. The van der Waals surface area contributed by atoms with Crippen molar-refractivity contribution >= 4 is 32.5 Å². The molecule has 10 heteroatoms. The van der Waals surface area contributed by atoms with E-state index >= 15 is 0 Å². The molecule has 0 unspecified atom stereocenters. The van der Waals surface area contributed by atoms with Crippen LogP contribution in [0.5, 0.6) is 5.88 Å². The van der Waals surface area contributed by atoms with E-state index in [0.29, 0.717) is 46.2 Å². The van der Waals surface area contributed by atoms with Gasteiger partial charge in [-0.05, 0) is 44.2 Å². The minimum atomic E-state index is -3.15. The summed E-state index contributed by atoms with van der Waals surface area (Å²) in [6, 6.07) is 12.3. The largest absolute Gasteiger partial charge is 0.480 e. The average molecular weight is 549 g/mol. The van der Waals surface area contributed by atoms with Crippen LogP contribution in [0, 0.1) is 19.8 Å². The minimum absolute atomic E-state index is 0.121. The Bertz CT molecular complexity index is 1630. The maximum absolute atomic E-state index is 11.0. The molecule has 1 aromatic carbocycles. The maximum Gasteiger partial charge on any atom is 0.225 e. The normalized spacial score (nSPS) is 16.2. The number of pyridine rings is 2. The highest BCUT2D eigenvalue weighted by Crippen LogP contribution is 2.52. The van der Waals surface area contributed by atoms with Crippen LogP contribution >= 0.6 is 10.6 Å².